The van der Waals surface area contributed by atoms with Crippen molar-refractivity contribution in [1.29, 1.82) is 0 Å². The molecule has 1 aromatic rings. The SMILES string of the molecule is NC(N)=NC(N)=Nc1cc(C(=O)O)ccc1F. The number of carboxylic acid groups (broad SMARTS) is 1. The smallest absolute Gasteiger partial charge is 0.335 e. The molecular weight excluding hydrogens is 229 g/mol. The van der Waals surface area contributed by atoms with Crippen LogP contribution < -0.4 is 17.2 Å². The topological polar surface area (TPSA) is 140 Å². The van der Waals surface area contributed by atoms with Crippen molar-refractivity contribution in [2.75, 3.05) is 0 Å². The molecule has 0 aliphatic heterocycles. The third-order valence-electron chi connectivity index (χ3n) is 1.67. The van der Waals surface area contributed by atoms with Gasteiger partial charge < -0.3 is 22.3 Å². The molecule has 0 aliphatic carbocycles. The Kier molecular flexibility index (Phi) is 3.60. The van der Waals surface area contributed by atoms with Gasteiger partial charge in [0.2, 0.25) is 5.96 Å². The van der Waals surface area contributed by atoms with Crippen molar-refractivity contribution in [2.24, 2.45) is 27.2 Å². The van der Waals surface area contributed by atoms with Crippen LogP contribution in [0.4, 0.5) is 10.1 Å². The van der Waals surface area contributed by atoms with Gasteiger partial charge in [-0.05, 0) is 18.2 Å². The number of nitrogens with two attached hydrogens (primary N) is 3. The van der Waals surface area contributed by atoms with Gasteiger partial charge in [-0.25, -0.2) is 14.2 Å². The number of carboxylic acids is 1. The van der Waals surface area contributed by atoms with Crippen molar-refractivity contribution in [3.8, 4) is 0 Å². The third-order valence-corrected chi connectivity index (χ3v) is 1.67. The summed E-state index contributed by atoms with van der Waals surface area (Å²) in [7, 11) is 0. The van der Waals surface area contributed by atoms with E-state index in [-0.39, 0.29) is 23.2 Å². The number of hydrogen-bond acceptors (Lipinski definition) is 2. The Morgan fingerprint density at radius 2 is 1.94 bits per heavy atom. The average Bonchev–Trinajstić information content (AvgIpc) is 2.19. The van der Waals surface area contributed by atoms with Crippen LogP contribution in [0, 0.1) is 5.82 Å². The fourth-order valence-corrected chi connectivity index (χ4v) is 1.01. The van der Waals surface area contributed by atoms with E-state index in [1.807, 2.05) is 0 Å². The lowest BCUT2D eigenvalue weighted by molar-refractivity contribution is 0.0697. The third kappa shape index (κ3) is 3.45. The molecular formula is C9H10FN5O2. The number of hydrogen-bond donors (Lipinski definition) is 4. The average molecular weight is 239 g/mol. The largest absolute Gasteiger partial charge is 0.478 e. The van der Waals surface area contributed by atoms with Crippen LogP contribution in [-0.4, -0.2) is 23.0 Å². The molecule has 90 valence electrons. The monoisotopic (exact) mass is 239 g/mol. The number of aliphatic imine (C=N–C) groups is 2. The van der Waals surface area contributed by atoms with Crippen LogP contribution >= 0.6 is 0 Å². The Labute approximate surface area is 95.5 Å². The summed E-state index contributed by atoms with van der Waals surface area (Å²) in [4.78, 5) is 17.6. The van der Waals surface area contributed by atoms with Gasteiger partial charge in [-0.3, -0.25) is 0 Å². The van der Waals surface area contributed by atoms with E-state index >= 15 is 0 Å². The second-order valence-corrected chi connectivity index (χ2v) is 2.98. The molecule has 0 bridgehead atoms. The van der Waals surface area contributed by atoms with Crippen molar-refractivity contribution in [1.82, 2.24) is 0 Å². The first-order valence-electron chi connectivity index (χ1n) is 4.37. The lowest BCUT2D eigenvalue weighted by Crippen LogP contribution is -2.26. The van der Waals surface area contributed by atoms with Crippen LogP contribution in [0.2, 0.25) is 0 Å². The van der Waals surface area contributed by atoms with Gasteiger partial charge in [-0.15, -0.1) is 0 Å². The molecule has 0 aliphatic rings. The van der Waals surface area contributed by atoms with Crippen molar-refractivity contribution in [3.63, 3.8) is 0 Å². The van der Waals surface area contributed by atoms with Gasteiger partial charge in [0.1, 0.15) is 11.5 Å². The number of nitrogens with zero attached hydrogens (tertiary/aromatic N) is 2. The zero-order chi connectivity index (χ0) is 13.0. The Hall–Kier alpha value is -2.64. The van der Waals surface area contributed by atoms with Gasteiger partial charge in [-0.1, -0.05) is 0 Å². The fourth-order valence-electron chi connectivity index (χ4n) is 1.01. The first-order chi connectivity index (χ1) is 7.90. The summed E-state index contributed by atoms with van der Waals surface area (Å²) in [6.45, 7) is 0. The molecule has 0 amide bonds. The molecule has 1 aromatic carbocycles. The number of guanidine groups is 2. The van der Waals surface area contributed by atoms with Crippen molar-refractivity contribution >= 4 is 23.6 Å². The normalized spacial score (nSPS) is 11.0. The van der Waals surface area contributed by atoms with Gasteiger partial charge in [0.05, 0.1) is 5.56 Å². The molecule has 0 saturated heterocycles. The van der Waals surface area contributed by atoms with Crippen LogP contribution in [0.3, 0.4) is 0 Å². The van der Waals surface area contributed by atoms with Gasteiger partial charge in [-0.2, -0.15) is 4.99 Å². The molecule has 0 saturated carbocycles. The molecule has 0 radical (unpaired) electrons. The minimum atomic E-state index is -1.21. The minimum absolute atomic E-state index is 0.123. The summed E-state index contributed by atoms with van der Waals surface area (Å²) in [6, 6.07) is 3.09. The second-order valence-electron chi connectivity index (χ2n) is 2.98. The highest BCUT2D eigenvalue weighted by molar-refractivity contribution is 5.94. The zero-order valence-electron chi connectivity index (χ0n) is 8.59. The summed E-state index contributed by atoms with van der Waals surface area (Å²) < 4.78 is 13.3. The van der Waals surface area contributed by atoms with Gasteiger partial charge >= 0.3 is 5.97 Å². The van der Waals surface area contributed by atoms with Crippen LogP contribution in [0.5, 0.6) is 0 Å². The summed E-state index contributed by atoms with van der Waals surface area (Å²) in [5.74, 6) is -2.64. The quantitative estimate of drug-likeness (QED) is 0.416. The summed E-state index contributed by atoms with van der Waals surface area (Å²) in [6.07, 6.45) is 0. The molecule has 17 heavy (non-hydrogen) atoms. The molecule has 8 heteroatoms. The fraction of sp³-hybridized carbons (Fsp3) is 0. The standard InChI is InChI=1S/C9H10FN5O2/c10-5-2-1-4(7(16)17)3-6(5)14-9(13)15-8(11)12/h1-3H,(H,16,17)(H6,11,12,13,14,15). The lowest BCUT2D eigenvalue weighted by Gasteiger charge is -2.00. The van der Waals surface area contributed by atoms with Gasteiger partial charge in [0.25, 0.3) is 0 Å². The highest BCUT2D eigenvalue weighted by Gasteiger charge is 2.08. The van der Waals surface area contributed by atoms with E-state index in [0.29, 0.717) is 0 Å². The zero-order valence-corrected chi connectivity index (χ0v) is 8.59. The Bertz CT molecular complexity index is 508. The van der Waals surface area contributed by atoms with Crippen LogP contribution in [0.15, 0.2) is 28.2 Å². The maximum atomic E-state index is 13.3. The highest BCUT2D eigenvalue weighted by atomic mass is 19.1. The van der Waals surface area contributed by atoms with Crippen molar-refractivity contribution < 1.29 is 14.3 Å². The molecule has 0 atom stereocenters. The van der Waals surface area contributed by atoms with Crippen molar-refractivity contribution in [2.45, 2.75) is 0 Å². The number of aromatic carboxylic acids is 1. The van der Waals surface area contributed by atoms with E-state index < -0.39 is 11.8 Å². The molecule has 1 rings (SSSR count). The first-order valence-corrected chi connectivity index (χ1v) is 4.37. The molecule has 0 unspecified atom stereocenters. The van der Waals surface area contributed by atoms with E-state index in [1.165, 1.54) is 0 Å². The van der Waals surface area contributed by atoms with Crippen LogP contribution in [0.25, 0.3) is 0 Å². The van der Waals surface area contributed by atoms with E-state index in [1.54, 1.807) is 0 Å². The number of halogens is 1. The van der Waals surface area contributed by atoms with E-state index in [4.69, 9.17) is 22.3 Å². The maximum absolute atomic E-state index is 13.3. The molecule has 0 spiro atoms. The predicted molar refractivity (Wildman–Crippen MR) is 60.5 cm³/mol. The number of rotatable bonds is 2. The number of benzene rings is 1. The van der Waals surface area contributed by atoms with Gasteiger partial charge in [0, 0.05) is 0 Å². The van der Waals surface area contributed by atoms with Crippen LogP contribution in [0.1, 0.15) is 10.4 Å². The van der Waals surface area contributed by atoms with E-state index in [0.717, 1.165) is 18.2 Å². The predicted octanol–water partition coefficient (Wildman–Crippen LogP) is -0.256. The summed E-state index contributed by atoms with van der Waals surface area (Å²) in [5.41, 5.74) is 15.0. The lowest BCUT2D eigenvalue weighted by atomic mass is 10.2. The molecule has 0 aromatic heterocycles. The van der Waals surface area contributed by atoms with Gasteiger partial charge in [0.15, 0.2) is 5.96 Å². The number of carbonyl (C=O) groups is 1. The maximum Gasteiger partial charge on any atom is 0.335 e. The molecule has 0 fully saturated rings. The molecule has 0 heterocycles. The van der Waals surface area contributed by atoms with Crippen molar-refractivity contribution in [3.05, 3.63) is 29.6 Å². The summed E-state index contributed by atoms with van der Waals surface area (Å²) in [5, 5.41) is 8.71. The Balaban J connectivity index is 3.18. The molecule has 7 nitrogen and oxygen atoms in total. The summed E-state index contributed by atoms with van der Waals surface area (Å²) >= 11 is 0. The Morgan fingerprint density at radius 3 is 2.47 bits per heavy atom. The Morgan fingerprint density at radius 1 is 1.29 bits per heavy atom. The molecule has 7 N–H and O–H groups in total. The first kappa shape index (κ1) is 12.4. The van der Waals surface area contributed by atoms with E-state index in [9.17, 15) is 9.18 Å². The van der Waals surface area contributed by atoms with E-state index in [2.05, 4.69) is 9.98 Å². The van der Waals surface area contributed by atoms with Crippen LogP contribution in [-0.2, 0) is 0 Å². The second kappa shape index (κ2) is 4.92. The minimum Gasteiger partial charge on any atom is -0.478 e. The highest BCUT2D eigenvalue weighted by Crippen LogP contribution is 2.19.